The Balaban J connectivity index is 0.00000243. The molecule has 0 spiro atoms. The number of hydrogen-bond acceptors (Lipinski definition) is 4. The van der Waals surface area contributed by atoms with E-state index in [4.69, 9.17) is 0 Å². The van der Waals surface area contributed by atoms with E-state index in [0.29, 0.717) is 6.04 Å². The Labute approximate surface area is 154 Å². The van der Waals surface area contributed by atoms with E-state index in [-0.39, 0.29) is 35.7 Å². The highest BCUT2D eigenvalue weighted by atomic mass is 35.5. The molecule has 10 heteroatoms. The van der Waals surface area contributed by atoms with Crippen LogP contribution in [-0.4, -0.2) is 39.5 Å². The highest BCUT2D eigenvalue weighted by Gasteiger charge is 2.30. The Morgan fingerprint density at radius 1 is 1.38 bits per heavy atom. The first-order valence-electron chi connectivity index (χ1n) is 7.97. The molecule has 1 aliphatic rings. The van der Waals surface area contributed by atoms with Gasteiger partial charge in [-0.3, -0.25) is 4.79 Å². The molecular formula is C16H19ClF3N5O. The third-order valence-electron chi connectivity index (χ3n) is 4.12. The van der Waals surface area contributed by atoms with Crippen molar-refractivity contribution in [3.05, 3.63) is 41.7 Å². The number of nitrogens with one attached hydrogen (secondary N) is 2. The number of nitrogens with zero attached hydrogens (tertiary/aromatic N) is 3. The summed E-state index contributed by atoms with van der Waals surface area (Å²) in [7, 11) is 0. The molecule has 0 radical (unpaired) electrons. The van der Waals surface area contributed by atoms with E-state index >= 15 is 0 Å². The minimum atomic E-state index is -4.44. The third-order valence-corrected chi connectivity index (χ3v) is 4.12. The smallest absolute Gasteiger partial charge is 0.348 e. The summed E-state index contributed by atoms with van der Waals surface area (Å²) in [4.78, 5) is 12.3. The van der Waals surface area contributed by atoms with Crippen molar-refractivity contribution in [2.24, 2.45) is 0 Å². The van der Waals surface area contributed by atoms with Gasteiger partial charge in [-0.15, -0.1) is 17.5 Å². The number of aromatic nitrogens is 3. The lowest BCUT2D eigenvalue weighted by Crippen LogP contribution is -2.46. The number of amides is 1. The zero-order chi connectivity index (χ0) is 18.0. The van der Waals surface area contributed by atoms with Gasteiger partial charge in [-0.25, -0.2) is 4.68 Å². The lowest BCUT2D eigenvalue weighted by Gasteiger charge is -2.28. The molecule has 1 fully saturated rings. The second kappa shape index (κ2) is 8.05. The first kappa shape index (κ1) is 20.2. The molecular weight excluding hydrogens is 371 g/mol. The molecule has 142 valence electrons. The van der Waals surface area contributed by atoms with Gasteiger partial charge in [0.15, 0.2) is 5.69 Å². The number of halogens is 4. The molecule has 1 amide bonds. The highest BCUT2D eigenvalue weighted by molar-refractivity contribution is 5.92. The number of carbonyl (C=O) groups is 1. The maximum Gasteiger partial charge on any atom is 0.416 e. The van der Waals surface area contributed by atoms with Crippen molar-refractivity contribution in [1.82, 2.24) is 25.6 Å². The maximum atomic E-state index is 12.8. The molecule has 2 N–H and O–H groups in total. The van der Waals surface area contributed by atoms with Crippen LogP contribution in [0, 0.1) is 0 Å². The molecule has 26 heavy (non-hydrogen) atoms. The molecule has 2 aromatic rings. The summed E-state index contributed by atoms with van der Waals surface area (Å²) in [6, 6.07) is 5.06. The molecule has 3 rings (SSSR count). The summed E-state index contributed by atoms with van der Waals surface area (Å²) in [5.74, 6) is -0.377. The van der Waals surface area contributed by atoms with E-state index in [1.807, 2.05) is 6.92 Å². The molecule has 2 heterocycles. The molecule has 2 unspecified atom stereocenters. The molecule has 0 aliphatic carbocycles. The summed E-state index contributed by atoms with van der Waals surface area (Å²) in [6.07, 6.45) is -1.48. The summed E-state index contributed by atoms with van der Waals surface area (Å²) < 4.78 is 39.5. The SMILES string of the molecule is CC1CC(NC(=O)c2cn(-c3cccc(C(F)(F)F)c3)nn2)CCN1.Cl. The van der Waals surface area contributed by atoms with Gasteiger partial charge in [-0.1, -0.05) is 11.3 Å². The van der Waals surface area contributed by atoms with Gasteiger partial charge in [0.2, 0.25) is 0 Å². The van der Waals surface area contributed by atoms with Crippen LogP contribution in [0.5, 0.6) is 0 Å². The zero-order valence-electron chi connectivity index (χ0n) is 14.0. The van der Waals surface area contributed by atoms with E-state index in [0.717, 1.165) is 36.2 Å². The van der Waals surface area contributed by atoms with Crippen LogP contribution >= 0.6 is 12.4 Å². The summed E-state index contributed by atoms with van der Waals surface area (Å²) in [6.45, 7) is 2.87. The predicted molar refractivity (Wildman–Crippen MR) is 91.6 cm³/mol. The Hall–Kier alpha value is -2.13. The molecule has 1 aromatic heterocycles. The van der Waals surface area contributed by atoms with Crippen molar-refractivity contribution in [2.45, 2.75) is 38.0 Å². The van der Waals surface area contributed by atoms with Crippen LogP contribution in [0.15, 0.2) is 30.5 Å². The minimum Gasteiger partial charge on any atom is -0.348 e. The van der Waals surface area contributed by atoms with Crippen molar-refractivity contribution in [1.29, 1.82) is 0 Å². The van der Waals surface area contributed by atoms with Gasteiger partial charge in [-0.05, 0) is 44.5 Å². The van der Waals surface area contributed by atoms with Gasteiger partial charge in [0.25, 0.3) is 5.91 Å². The van der Waals surface area contributed by atoms with Crippen LogP contribution < -0.4 is 10.6 Å². The fourth-order valence-corrected chi connectivity index (χ4v) is 2.84. The molecule has 1 saturated heterocycles. The lowest BCUT2D eigenvalue weighted by atomic mass is 10.0. The van der Waals surface area contributed by atoms with Crippen LogP contribution in [0.3, 0.4) is 0 Å². The number of piperidine rings is 1. The van der Waals surface area contributed by atoms with Gasteiger partial charge in [0.1, 0.15) is 0 Å². The van der Waals surface area contributed by atoms with E-state index in [9.17, 15) is 18.0 Å². The summed E-state index contributed by atoms with van der Waals surface area (Å²) >= 11 is 0. The first-order valence-corrected chi connectivity index (χ1v) is 7.97. The molecule has 0 bridgehead atoms. The normalized spacial score (nSPS) is 20.3. The fraction of sp³-hybridized carbons (Fsp3) is 0.438. The number of rotatable bonds is 3. The number of hydrogen-bond donors (Lipinski definition) is 2. The third kappa shape index (κ3) is 4.73. The van der Waals surface area contributed by atoms with Gasteiger partial charge in [0, 0.05) is 12.1 Å². The van der Waals surface area contributed by atoms with Crippen LogP contribution in [0.2, 0.25) is 0 Å². The highest BCUT2D eigenvalue weighted by Crippen LogP contribution is 2.30. The lowest BCUT2D eigenvalue weighted by molar-refractivity contribution is -0.137. The van der Waals surface area contributed by atoms with Crippen molar-refractivity contribution >= 4 is 18.3 Å². The second-order valence-corrected chi connectivity index (χ2v) is 6.15. The topological polar surface area (TPSA) is 71.8 Å². The van der Waals surface area contributed by atoms with Gasteiger partial charge in [-0.2, -0.15) is 13.2 Å². The number of benzene rings is 1. The average molecular weight is 390 g/mol. The largest absolute Gasteiger partial charge is 0.416 e. The molecule has 2 atom stereocenters. The zero-order valence-corrected chi connectivity index (χ0v) is 14.8. The molecule has 1 aliphatic heterocycles. The molecule has 0 saturated carbocycles. The second-order valence-electron chi connectivity index (χ2n) is 6.15. The van der Waals surface area contributed by atoms with Crippen molar-refractivity contribution < 1.29 is 18.0 Å². The number of alkyl halides is 3. The van der Waals surface area contributed by atoms with Crippen molar-refractivity contribution in [3.8, 4) is 5.69 Å². The Kier molecular flexibility index (Phi) is 6.25. The molecule has 6 nitrogen and oxygen atoms in total. The summed E-state index contributed by atoms with van der Waals surface area (Å²) in [5.41, 5.74) is -0.518. The first-order chi connectivity index (χ1) is 11.8. The van der Waals surface area contributed by atoms with Crippen LogP contribution in [0.25, 0.3) is 5.69 Å². The van der Waals surface area contributed by atoms with E-state index in [1.54, 1.807) is 0 Å². The standard InChI is InChI=1S/C16H18F3N5O.ClH/c1-10-7-12(5-6-20-10)21-15(25)14-9-24(23-22-14)13-4-2-3-11(8-13)16(17,18)19;/h2-4,8-10,12,20H,5-7H2,1H3,(H,21,25);1H. The van der Waals surface area contributed by atoms with Crippen LogP contribution in [0.1, 0.15) is 35.8 Å². The van der Waals surface area contributed by atoms with Crippen molar-refractivity contribution in [2.75, 3.05) is 6.54 Å². The average Bonchev–Trinajstić information content (AvgIpc) is 3.04. The Morgan fingerprint density at radius 3 is 2.85 bits per heavy atom. The van der Waals surface area contributed by atoms with Crippen LogP contribution in [-0.2, 0) is 6.18 Å². The van der Waals surface area contributed by atoms with Crippen LogP contribution in [0.4, 0.5) is 13.2 Å². The minimum absolute atomic E-state index is 0. The number of carbonyl (C=O) groups excluding carboxylic acids is 1. The van der Waals surface area contributed by atoms with E-state index < -0.39 is 11.7 Å². The molecule has 1 aromatic carbocycles. The fourth-order valence-electron chi connectivity index (χ4n) is 2.84. The van der Waals surface area contributed by atoms with E-state index in [1.165, 1.54) is 18.3 Å². The monoisotopic (exact) mass is 389 g/mol. The van der Waals surface area contributed by atoms with Gasteiger partial charge in [0.05, 0.1) is 17.4 Å². The van der Waals surface area contributed by atoms with Crippen molar-refractivity contribution in [3.63, 3.8) is 0 Å². The Bertz CT molecular complexity index is 764. The Morgan fingerprint density at radius 2 is 2.15 bits per heavy atom. The quantitative estimate of drug-likeness (QED) is 0.846. The van der Waals surface area contributed by atoms with E-state index in [2.05, 4.69) is 20.9 Å². The maximum absolute atomic E-state index is 12.8. The van der Waals surface area contributed by atoms with Gasteiger partial charge >= 0.3 is 6.18 Å². The van der Waals surface area contributed by atoms with Gasteiger partial charge < -0.3 is 10.6 Å². The predicted octanol–water partition coefficient (Wildman–Crippen LogP) is 2.58. The summed E-state index contributed by atoms with van der Waals surface area (Å²) in [5, 5.41) is 13.7.